The van der Waals surface area contributed by atoms with Crippen molar-refractivity contribution in [3.05, 3.63) is 35.1 Å². The molecule has 1 aromatic carbocycles. The molecule has 0 atom stereocenters. The minimum Gasteiger partial charge on any atom is -0.314 e. The molecule has 1 aromatic rings. The maximum atomic E-state index is 12.9. The highest BCUT2D eigenvalue weighted by molar-refractivity contribution is 5.26. The van der Waals surface area contributed by atoms with Crippen molar-refractivity contribution in [1.82, 2.24) is 5.32 Å². The molecule has 0 saturated heterocycles. The molecule has 0 radical (unpaired) electrons. The van der Waals surface area contributed by atoms with Crippen LogP contribution in [0, 0.1) is 18.7 Å². The van der Waals surface area contributed by atoms with Gasteiger partial charge in [0, 0.05) is 6.04 Å². The molecule has 1 aliphatic carbocycles. The number of nitrogens with one attached hydrogen (secondary N) is 1. The lowest BCUT2D eigenvalue weighted by molar-refractivity contribution is 0.243. The van der Waals surface area contributed by atoms with Gasteiger partial charge in [0.25, 0.3) is 0 Å². The minimum atomic E-state index is -0.137. The van der Waals surface area contributed by atoms with Crippen molar-refractivity contribution in [2.24, 2.45) is 5.92 Å². The first kappa shape index (κ1) is 11.6. The molecule has 0 heterocycles. The van der Waals surface area contributed by atoms with Crippen LogP contribution in [0.3, 0.4) is 0 Å². The molecule has 1 N–H and O–H groups in total. The van der Waals surface area contributed by atoms with E-state index in [0.29, 0.717) is 0 Å². The second kappa shape index (κ2) is 4.96. The monoisotopic (exact) mass is 221 g/mol. The first-order valence-electron chi connectivity index (χ1n) is 6.13. The van der Waals surface area contributed by atoms with Crippen molar-refractivity contribution < 1.29 is 4.39 Å². The maximum absolute atomic E-state index is 12.9. The highest BCUT2D eigenvalue weighted by Gasteiger charge is 2.24. The smallest absolute Gasteiger partial charge is 0.123 e. The van der Waals surface area contributed by atoms with Crippen molar-refractivity contribution in [1.29, 1.82) is 0 Å². The third-order valence-electron chi connectivity index (χ3n) is 3.51. The molecule has 1 aliphatic rings. The summed E-state index contributed by atoms with van der Waals surface area (Å²) in [5, 5.41) is 3.55. The summed E-state index contributed by atoms with van der Waals surface area (Å²) in [5.74, 6) is 0.757. The number of aryl methyl sites for hydroxylation is 1. The van der Waals surface area contributed by atoms with Gasteiger partial charge in [-0.1, -0.05) is 13.0 Å². The highest BCUT2D eigenvalue weighted by atomic mass is 19.1. The average Bonchev–Trinajstić information content (AvgIpc) is 2.18. The summed E-state index contributed by atoms with van der Waals surface area (Å²) in [6.07, 6.45) is 3.61. The van der Waals surface area contributed by atoms with Crippen LogP contribution in [0.4, 0.5) is 4.39 Å². The van der Waals surface area contributed by atoms with Crippen LogP contribution >= 0.6 is 0 Å². The Labute approximate surface area is 97.1 Å². The first-order chi connectivity index (χ1) is 7.65. The van der Waals surface area contributed by atoms with E-state index in [1.165, 1.54) is 18.4 Å². The average molecular weight is 221 g/mol. The number of hydrogen-bond donors (Lipinski definition) is 1. The van der Waals surface area contributed by atoms with Gasteiger partial charge in [0.1, 0.15) is 5.82 Å². The summed E-state index contributed by atoms with van der Waals surface area (Å²) in [5.41, 5.74) is 2.31. The van der Waals surface area contributed by atoms with E-state index in [1.807, 2.05) is 13.0 Å². The normalized spacial score (nSPS) is 24.2. The summed E-state index contributed by atoms with van der Waals surface area (Å²) in [7, 11) is 0. The van der Waals surface area contributed by atoms with E-state index in [4.69, 9.17) is 0 Å². The molecule has 0 aliphatic heterocycles. The fourth-order valence-electron chi connectivity index (χ4n) is 2.42. The lowest BCUT2D eigenvalue weighted by Gasteiger charge is -2.33. The number of benzene rings is 1. The standard InChI is InChI=1S/C14H20FN/c1-10-7-14(8-10)16-6-5-12-3-4-13(15)9-11(12)2/h3-4,9-10,14,16H,5-8H2,1-2H3. The van der Waals surface area contributed by atoms with Crippen molar-refractivity contribution >= 4 is 0 Å². The second-order valence-corrected chi connectivity index (χ2v) is 5.05. The Hall–Kier alpha value is -0.890. The quantitative estimate of drug-likeness (QED) is 0.824. The minimum absolute atomic E-state index is 0.137. The van der Waals surface area contributed by atoms with Gasteiger partial charge in [0.15, 0.2) is 0 Å². The number of hydrogen-bond acceptors (Lipinski definition) is 1. The zero-order valence-corrected chi connectivity index (χ0v) is 10.1. The van der Waals surface area contributed by atoms with Crippen LogP contribution < -0.4 is 5.32 Å². The van der Waals surface area contributed by atoms with Crippen LogP contribution in [0.5, 0.6) is 0 Å². The Morgan fingerprint density at radius 2 is 2.12 bits per heavy atom. The van der Waals surface area contributed by atoms with E-state index >= 15 is 0 Å². The zero-order chi connectivity index (χ0) is 11.5. The van der Waals surface area contributed by atoms with Gasteiger partial charge in [-0.3, -0.25) is 0 Å². The Balaban J connectivity index is 1.76. The molecular formula is C14H20FN. The van der Waals surface area contributed by atoms with Gasteiger partial charge < -0.3 is 5.32 Å². The van der Waals surface area contributed by atoms with Gasteiger partial charge >= 0.3 is 0 Å². The van der Waals surface area contributed by atoms with E-state index in [-0.39, 0.29) is 5.82 Å². The molecule has 16 heavy (non-hydrogen) atoms. The molecule has 1 nitrogen and oxygen atoms in total. The molecule has 2 rings (SSSR count). The molecule has 0 spiro atoms. The van der Waals surface area contributed by atoms with Crippen molar-refractivity contribution in [3.8, 4) is 0 Å². The van der Waals surface area contributed by atoms with Crippen LogP contribution in [-0.2, 0) is 6.42 Å². The molecular weight excluding hydrogens is 201 g/mol. The van der Waals surface area contributed by atoms with E-state index < -0.39 is 0 Å². The zero-order valence-electron chi connectivity index (χ0n) is 10.1. The fourth-order valence-corrected chi connectivity index (χ4v) is 2.42. The van der Waals surface area contributed by atoms with E-state index in [9.17, 15) is 4.39 Å². The maximum Gasteiger partial charge on any atom is 0.123 e. The third-order valence-corrected chi connectivity index (χ3v) is 3.51. The summed E-state index contributed by atoms with van der Waals surface area (Å²) in [6.45, 7) is 5.27. The van der Waals surface area contributed by atoms with Crippen molar-refractivity contribution in [2.75, 3.05) is 6.54 Å². The lowest BCUT2D eigenvalue weighted by Crippen LogP contribution is -2.40. The van der Waals surface area contributed by atoms with E-state index in [1.54, 1.807) is 12.1 Å². The van der Waals surface area contributed by atoms with Gasteiger partial charge in [-0.25, -0.2) is 4.39 Å². The molecule has 0 bridgehead atoms. The number of halogens is 1. The molecule has 1 fully saturated rings. The van der Waals surface area contributed by atoms with Gasteiger partial charge in [0.05, 0.1) is 0 Å². The molecule has 0 unspecified atom stereocenters. The number of rotatable bonds is 4. The Morgan fingerprint density at radius 3 is 2.75 bits per heavy atom. The third kappa shape index (κ3) is 2.82. The van der Waals surface area contributed by atoms with Crippen LogP contribution in [0.25, 0.3) is 0 Å². The topological polar surface area (TPSA) is 12.0 Å². The van der Waals surface area contributed by atoms with Crippen LogP contribution in [0.15, 0.2) is 18.2 Å². The summed E-state index contributed by atoms with van der Waals surface area (Å²) in [6, 6.07) is 5.78. The Morgan fingerprint density at radius 1 is 1.38 bits per heavy atom. The predicted molar refractivity (Wildman–Crippen MR) is 65.0 cm³/mol. The lowest BCUT2D eigenvalue weighted by atomic mass is 9.82. The summed E-state index contributed by atoms with van der Waals surface area (Å²) < 4.78 is 12.9. The fraction of sp³-hybridized carbons (Fsp3) is 0.571. The van der Waals surface area contributed by atoms with Crippen LogP contribution in [-0.4, -0.2) is 12.6 Å². The Bertz CT molecular complexity index is 356. The van der Waals surface area contributed by atoms with Gasteiger partial charge in [-0.2, -0.15) is 0 Å². The van der Waals surface area contributed by atoms with Gasteiger partial charge in [0.2, 0.25) is 0 Å². The molecule has 0 amide bonds. The summed E-state index contributed by atoms with van der Waals surface area (Å²) >= 11 is 0. The molecule has 2 heteroatoms. The summed E-state index contributed by atoms with van der Waals surface area (Å²) in [4.78, 5) is 0. The van der Waals surface area contributed by atoms with Crippen LogP contribution in [0.2, 0.25) is 0 Å². The van der Waals surface area contributed by atoms with Crippen LogP contribution in [0.1, 0.15) is 30.9 Å². The van der Waals surface area contributed by atoms with E-state index in [0.717, 1.165) is 30.5 Å². The van der Waals surface area contributed by atoms with Crippen molar-refractivity contribution in [2.45, 2.75) is 39.2 Å². The molecule has 1 saturated carbocycles. The molecule has 0 aromatic heterocycles. The predicted octanol–water partition coefficient (Wildman–Crippen LogP) is 3.06. The first-order valence-corrected chi connectivity index (χ1v) is 6.13. The van der Waals surface area contributed by atoms with Gasteiger partial charge in [-0.05, 0) is 61.9 Å². The Kier molecular flexibility index (Phi) is 3.59. The largest absolute Gasteiger partial charge is 0.314 e. The molecule has 88 valence electrons. The highest BCUT2D eigenvalue weighted by Crippen LogP contribution is 2.26. The van der Waals surface area contributed by atoms with Gasteiger partial charge in [-0.15, -0.1) is 0 Å². The SMILES string of the molecule is Cc1cc(F)ccc1CCNC1CC(C)C1. The van der Waals surface area contributed by atoms with Crippen molar-refractivity contribution in [3.63, 3.8) is 0 Å². The van der Waals surface area contributed by atoms with E-state index in [2.05, 4.69) is 12.2 Å². The second-order valence-electron chi connectivity index (χ2n) is 5.05.